The Bertz CT molecular complexity index is 678. The van der Waals surface area contributed by atoms with E-state index in [9.17, 15) is 4.79 Å². The summed E-state index contributed by atoms with van der Waals surface area (Å²) in [4.78, 5) is 18.5. The molecule has 0 N–H and O–H groups in total. The highest BCUT2D eigenvalue weighted by Crippen LogP contribution is 2.19. The minimum Gasteiger partial charge on any atom is -0.337 e. The van der Waals surface area contributed by atoms with Crippen molar-refractivity contribution in [2.75, 3.05) is 18.8 Å². The van der Waals surface area contributed by atoms with Crippen molar-refractivity contribution in [3.05, 3.63) is 48.2 Å². The van der Waals surface area contributed by atoms with E-state index in [0.717, 1.165) is 35.3 Å². The van der Waals surface area contributed by atoms with Crippen LogP contribution < -0.4 is 0 Å². The summed E-state index contributed by atoms with van der Waals surface area (Å²) in [6.07, 6.45) is 5.37. The van der Waals surface area contributed by atoms with Crippen molar-refractivity contribution in [2.24, 2.45) is 0 Å². The smallest absolute Gasteiger partial charge is 0.246 e. The average molecular weight is 298 g/mol. The van der Waals surface area contributed by atoms with Crippen molar-refractivity contribution >= 4 is 34.6 Å². The number of nitrogens with zero attached hydrogens (tertiary/aromatic N) is 2. The van der Waals surface area contributed by atoms with Gasteiger partial charge in [-0.1, -0.05) is 25.1 Å². The molecule has 1 fully saturated rings. The number of para-hydroxylation sites is 1. The second-order valence-electron chi connectivity index (χ2n) is 5.22. The van der Waals surface area contributed by atoms with Crippen molar-refractivity contribution in [2.45, 2.75) is 12.2 Å². The van der Waals surface area contributed by atoms with Crippen LogP contribution in [0.15, 0.2) is 42.6 Å². The molecule has 0 unspecified atom stereocenters. The molecule has 1 saturated heterocycles. The van der Waals surface area contributed by atoms with Crippen LogP contribution in [0.2, 0.25) is 0 Å². The Morgan fingerprint density at radius 1 is 1.38 bits per heavy atom. The zero-order chi connectivity index (χ0) is 14.7. The van der Waals surface area contributed by atoms with E-state index in [-0.39, 0.29) is 5.91 Å². The molecule has 4 heteroatoms. The Balaban J connectivity index is 1.80. The molecule has 1 aliphatic heterocycles. The number of carbonyl (C=O) groups excluding carboxylic acids is 1. The summed E-state index contributed by atoms with van der Waals surface area (Å²) >= 11 is 1.93. The fourth-order valence-electron chi connectivity index (χ4n) is 2.55. The number of thioether (sulfide) groups is 1. The molecule has 1 aromatic carbocycles. The minimum atomic E-state index is 0.100. The number of hydrogen-bond acceptors (Lipinski definition) is 3. The molecule has 0 saturated carbocycles. The van der Waals surface area contributed by atoms with Crippen LogP contribution in [0.5, 0.6) is 0 Å². The number of benzene rings is 1. The Hall–Kier alpha value is -1.81. The van der Waals surface area contributed by atoms with Gasteiger partial charge >= 0.3 is 0 Å². The fourth-order valence-corrected chi connectivity index (χ4v) is 3.56. The van der Waals surface area contributed by atoms with E-state index in [1.807, 2.05) is 53.1 Å². The maximum Gasteiger partial charge on any atom is 0.246 e. The molecular formula is C17H18N2OS. The minimum absolute atomic E-state index is 0.100. The monoisotopic (exact) mass is 298 g/mol. The summed E-state index contributed by atoms with van der Waals surface area (Å²) in [5.41, 5.74) is 1.99. The zero-order valence-electron chi connectivity index (χ0n) is 12.0. The van der Waals surface area contributed by atoms with Crippen LogP contribution in [0, 0.1) is 0 Å². The van der Waals surface area contributed by atoms with E-state index in [4.69, 9.17) is 0 Å². The fraction of sp³-hybridized carbons (Fsp3) is 0.294. The third-order valence-electron chi connectivity index (χ3n) is 3.64. The number of rotatable bonds is 2. The topological polar surface area (TPSA) is 33.2 Å². The molecule has 1 aliphatic rings. The largest absolute Gasteiger partial charge is 0.337 e. The number of fused-ring (bicyclic) bond motifs is 1. The highest BCUT2D eigenvalue weighted by atomic mass is 32.2. The van der Waals surface area contributed by atoms with Crippen molar-refractivity contribution in [3.63, 3.8) is 0 Å². The van der Waals surface area contributed by atoms with Crippen molar-refractivity contribution in [1.29, 1.82) is 0 Å². The number of pyridine rings is 1. The van der Waals surface area contributed by atoms with Gasteiger partial charge in [0.15, 0.2) is 0 Å². The van der Waals surface area contributed by atoms with Gasteiger partial charge in [0.25, 0.3) is 0 Å². The molecule has 2 heterocycles. The number of aromatic nitrogens is 1. The quantitative estimate of drug-likeness (QED) is 0.798. The Morgan fingerprint density at radius 3 is 3.10 bits per heavy atom. The van der Waals surface area contributed by atoms with Gasteiger partial charge in [-0.05, 0) is 23.8 Å². The van der Waals surface area contributed by atoms with Crippen molar-refractivity contribution in [1.82, 2.24) is 9.88 Å². The van der Waals surface area contributed by atoms with Gasteiger partial charge in [0.1, 0.15) is 0 Å². The van der Waals surface area contributed by atoms with Gasteiger partial charge in [0, 0.05) is 41.8 Å². The van der Waals surface area contributed by atoms with Crippen LogP contribution >= 0.6 is 11.8 Å². The molecular weight excluding hydrogens is 280 g/mol. The predicted octanol–water partition coefficient (Wildman–Crippen LogP) is 3.21. The maximum atomic E-state index is 12.3. The number of hydrogen-bond donors (Lipinski definition) is 0. The Kier molecular flexibility index (Phi) is 4.25. The van der Waals surface area contributed by atoms with E-state index in [1.165, 1.54) is 0 Å². The predicted molar refractivity (Wildman–Crippen MR) is 89.3 cm³/mol. The molecule has 2 aromatic rings. The second-order valence-corrected chi connectivity index (χ2v) is 6.76. The van der Waals surface area contributed by atoms with E-state index < -0.39 is 0 Å². The molecule has 1 amide bonds. The highest BCUT2D eigenvalue weighted by molar-refractivity contribution is 7.99. The van der Waals surface area contributed by atoms with Crippen LogP contribution in [-0.4, -0.2) is 39.9 Å². The van der Waals surface area contributed by atoms with Crippen LogP contribution in [0.4, 0.5) is 0 Å². The maximum absolute atomic E-state index is 12.3. The molecule has 3 nitrogen and oxygen atoms in total. The lowest BCUT2D eigenvalue weighted by Gasteiger charge is -2.29. The standard InChI is InChI=1S/C17H18N2OS/c1-13-12-19(10-11-21-13)17(20)7-6-14-8-9-18-16-5-3-2-4-15(14)16/h2-9,13H,10-12H2,1H3/b7-6+/t13-/m0/s1. The normalized spacial score (nSPS) is 19.3. The zero-order valence-corrected chi connectivity index (χ0v) is 12.8. The summed E-state index contributed by atoms with van der Waals surface area (Å²) in [7, 11) is 0. The van der Waals surface area contributed by atoms with Gasteiger partial charge in [0.05, 0.1) is 5.52 Å². The molecule has 3 rings (SSSR count). The number of carbonyl (C=O) groups is 1. The molecule has 1 aromatic heterocycles. The molecule has 0 bridgehead atoms. The average Bonchev–Trinajstić information content (AvgIpc) is 2.52. The SMILES string of the molecule is C[C@H]1CN(C(=O)/C=C/c2ccnc3ccccc23)CCS1. The Labute approximate surface area is 129 Å². The second kappa shape index (κ2) is 6.31. The lowest BCUT2D eigenvalue weighted by atomic mass is 10.1. The van der Waals surface area contributed by atoms with Gasteiger partial charge in [-0.2, -0.15) is 11.8 Å². The Morgan fingerprint density at radius 2 is 2.24 bits per heavy atom. The van der Waals surface area contributed by atoms with E-state index in [0.29, 0.717) is 5.25 Å². The summed E-state index contributed by atoms with van der Waals surface area (Å²) in [5, 5.41) is 1.60. The first-order valence-corrected chi connectivity index (χ1v) is 8.21. The van der Waals surface area contributed by atoms with Crippen LogP contribution in [0.1, 0.15) is 12.5 Å². The van der Waals surface area contributed by atoms with Gasteiger partial charge in [-0.3, -0.25) is 9.78 Å². The lowest BCUT2D eigenvalue weighted by Crippen LogP contribution is -2.40. The van der Waals surface area contributed by atoms with E-state index in [1.54, 1.807) is 12.3 Å². The van der Waals surface area contributed by atoms with Gasteiger partial charge in [-0.25, -0.2) is 0 Å². The first kappa shape index (κ1) is 14.1. The molecule has 0 radical (unpaired) electrons. The first-order chi connectivity index (χ1) is 10.2. The van der Waals surface area contributed by atoms with Gasteiger partial charge < -0.3 is 4.90 Å². The number of amides is 1. The van der Waals surface area contributed by atoms with Crippen LogP contribution in [-0.2, 0) is 4.79 Å². The van der Waals surface area contributed by atoms with Crippen LogP contribution in [0.25, 0.3) is 17.0 Å². The lowest BCUT2D eigenvalue weighted by molar-refractivity contribution is -0.125. The van der Waals surface area contributed by atoms with Gasteiger partial charge in [0.2, 0.25) is 5.91 Å². The molecule has 21 heavy (non-hydrogen) atoms. The van der Waals surface area contributed by atoms with E-state index >= 15 is 0 Å². The van der Waals surface area contributed by atoms with Crippen molar-refractivity contribution < 1.29 is 4.79 Å². The summed E-state index contributed by atoms with van der Waals surface area (Å²) < 4.78 is 0. The van der Waals surface area contributed by atoms with Crippen molar-refractivity contribution in [3.8, 4) is 0 Å². The molecule has 1 atom stereocenters. The third kappa shape index (κ3) is 3.27. The summed E-state index contributed by atoms with van der Waals surface area (Å²) in [5.74, 6) is 1.13. The highest BCUT2D eigenvalue weighted by Gasteiger charge is 2.19. The summed E-state index contributed by atoms with van der Waals surface area (Å²) in [6, 6.07) is 9.93. The molecule has 0 spiro atoms. The third-order valence-corrected chi connectivity index (χ3v) is 4.78. The first-order valence-electron chi connectivity index (χ1n) is 7.16. The molecule has 0 aliphatic carbocycles. The van der Waals surface area contributed by atoms with Gasteiger partial charge in [-0.15, -0.1) is 0 Å². The summed E-state index contributed by atoms with van der Waals surface area (Å²) in [6.45, 7) is 3.85. The molecule has 108 valence electrons. The van der Waals surface area contributed by atoms with E-state index in [2.05, 4.69) is 11.9 Å². The van der Waals surface area contributed by atoms with Crippen LogP contribution in [0.3, 0.4) is 0 Å².